The maximum atomic E-state index is 13.4. The van der Waals surface area contributed by atoms with Crippen LogP contribution in [0.25, 0.3) is 10.9 Å². The fourth-order valence-corrected chi connectivity index (χ4v) is 4.97. The lowest BCUT2D eigenvalue weighted by Crippen LogP contribution is -2.63. The Morgan fingerprint density at radius 1 is 1.11 bits per heavy atom. The number of quaternary nitrogens is 1. The van der Waals surface area contributed by atoms with Crippen LogP contribution in [-0.2, 0) is 11.2 Å². The van der Waals surface area contributed by atoms with Crippen LogP contribution < -0.4 is 11.1 Å². The van der Waals surface area contributed by atoms with E-state index in [1.54, 1.807) is 6.07 Å². The van der Waals surface area contributed by atoms with Gasteiger partial charge in [-0.05, 0) is 49.4 Å². The van der Waals surface area contributed by atoms with Gasteiger partial charge in [0.05, 0.1) is 25.6 Å². The van der Waals surface area contributed by atoms with Gasteiger partial charge >= 0.3 is 5.91 Å². The molecular weight excluding hydrogens is 352 g/mol. The standard InChI is InChI=1S/C22H29N4O2/c23-22(28)20-15-17-14-16(4-6-19(17)25-20)5-7-21(27)26(12-2-1-3-13-26)18-8-10-24-11-9-18/h4,6-7,14-15,18,24H,1-3,5,8-13H2,(H2-,23,25,28)/p+1. The van der Waals surface area contributed by atoms with Crippen LogP contribution >= 0.6 is 0 Å². The summed E-state index contributed by atoms with van der Waals surface area (Å²) in [6, 6.07) is 8.23. The molecule has 4 N–H and O–H groups in total. The van der Waals surface area contributed by atoms with Gasteiger partial charge in [0.15, 0.2) is 0 Å². The van der Waals surface area contributed by atoms with E-state index in [9.17, 15) is 9.59 Å². The zero-order valence-electron chi connectivity index (χ0n) is 16.4. The van der Waals surface area contributed by atoms with Gasteiger partial charge in [-0.2, -0.15) is 0 Å². The number of carbonyl (C=O) groups is 2. The highest BCUT2D eigenvalue weighted by atomic mass is 16.2. The molecule has 0 atom stereocenters. The minimum absolute atomic E-state index is 0.290. The number of aromatic amines is 1. The molecule has 2 fully saturated rings. The van der Waals surface area contributed by atoms with Gasteiger partial charge in [0, 0.05) is 36.8 Å². The third kappa shape index (κ3) is 3.71. The molecule has 2 saturated heterocycles. The van der Waals surface area contributed by atoms with Crippen molar-refractivity contribution in [2.45, 2.75) is 44.6 Å². The van der Waals surface area contributed by atoms with Gasteiger partial charge in [0.2, 0.25) is 0 Å². The summed E-state index contributed by atoms with van der Waals surface area (Å²) in [7, 11) is 0. The van der Waals surface area contributed by atoms with Crippen molar-refractivity contribution < 1.29 is 14.1 Å². The molecule has 0 unspecified atom stereocenters. The molecule has 2 amide bonds. The van der Waals surface area contributed by atoms with Gasteiger partial charge in [0.1, 0.15) is 5.69 Å². The first-order valence-corrected chi connectivity index (χ1v) is 10.5. The molecule has 0 spiro atoms. The van der Waals surface area contributed by atoms with E-state index < -0.39 is 5.91 Å². The number of nitrogens with two attached hydrogens (primary N) is 1. The van der Waals surface area contributed by atoms with Crippen molar-refractivity contribution in [1.29, 1.82) is 0 Å². The highest BCUT2D eigenvalue weighted by Crippen LogP contribution is 2.29. The van der Waals surface area contributed by atoms with Gasteiger partial charge in [0.25, 0.3) is 5.91 Å². The number of rotatable bonds is 5. The van der Waals surface area contributed by atoms with Crippen molar-refractivity contribution in [2.24, 2.45) is 5.73 Å². The average Bonchev–Trinajstić information content (AvgIpc) is 3.17. The lowest BCUT2D eigenvalue weighted by atomic mass is 9.95. The van der Waals surface area contributed by atoms with Crippen LogP contribution in [0.15, 0.2) is 24.3 Å². The van der Waals surface area contributed by atoms with Crippen molar-refractivity contribution in [1.82, 2.24) is 10.3 Å². The van der Waals surface area contributed by atoms with Crippen LogP contribution in [0.4, 0.5) is 0 Å². The minimum atomic E-state index is -0.460. The number of carbonyl (C=O) groups excluding carboxylic acids is 2. The molecule has 3 heterocycles. The van der Waals surface area contributed by atoms with Gasteiger partial charge in [-0.1, -0.05) is 6.07 Å². The maximum Gasteiger partial charge on any atom is 0.318 e. The number of nitrogens with one attached hydrogen (secondary N) is 2. The number of H-pyrrole nitrogens is 1. The third-order valence-corrected chi connectivity index (χ3v) is 6.52. The van der Waals surface area contributed by atoms with Gasteiger partial charge in [-0.3, -0.25) is 9.28 Å². The molecule has 0 saturated carbocycles. The topological polar surface area (TPSA) is 88.0 Å². The first-order valence-electron chi connectivity index (χ1n) is 10.5. The summed E-state index contributed by atoms with van der Waals surface area (Å²) in [5.41, 5.74) is 7.73. The number of hydrogen-bond acceptors (Lipinski definition) is 3. The summed E-state index contributed by atoms with van der Waals surface area (Å²) in [5, 5.41) is 4.38. The van der Waals surface area contributed by atoms with E-state index in [1.165, 1.54) is 6.42 Å². The summed E-state index contributed by atoms with van der Waals surface area (Å²) in [6.07, 6.45) is 8.23. The summed E-state index contributed by atoms with van der Waals surface area (Å²) in [4.78, 5) is 27.8. The van der Waals surface area contributed by atoms with Gasteiger partial charge < -0.3 is 16.0 Å². The zero-order valence-corrected chi connectivity index (χ0v) is 16.4. The maximum absolute atomic E-state index is 13.4. The lowest BCUT2D eigenvalue weighted by molar-refractivity contribution is -0.884. The monoisotopic (exact) mass is 382 g/mol. The lowest BCUT2D eigenvalue weighted by Gasteiger charge is -2.46. The number of nitrogens with zero attached hydrogens (tertiary/aromatic N) is 1. The van der Waals surface area contributed by atoms with Crippen molar-refractivity contribution in [3.05, 3.63) is 41.9 Å². The van der Waals surface area contributed by atoms with Crippen molar-refractivity contribution in [3.63, 3.8) is 0 Å². The largest absolute Gasteiger partial charge is 0.364 e. The highest BCUT2D eigenvalue weighted by molar-refractivity contribution is 5.97. The summed E-state index contributed by atoms with van der Waals surface area (Å²) in [6.45, 7) is 4.01. The Hall–Kier alpha value is -2.18. The van der Waals surface area contributed by atoms with E-state index >= 15 is 0 Å². The van der Waals surface area contributed by atoms with E-state index in [0.29, 0.717) is 28.5 Å². The SMILES string of the molecule is NC(=O)c1cc2cc(C[CH]C(=O)[N+]3(C4CCNCC4)CCCCC3)ccc2[nH]1. The Labute approximate surface area is 166 Å². The van der Waals surface area contributed by atoms with Crippen LogP contribution in [0.1, 0.15) is 48.2 Å². The molecule has 1 radical (unpaired) electrons. The number of piperidine rings is 2. The Bertz CT molecular complexity index is 861. The second-order valence-electron chi connectivity index (χ2n) is 8.24. The van der Waals surface area contributed by atoms with Crippen molar-refractivity contribution >= 4 is 22.7 Å². The van der Waals surface area contributed by atoms with Crippen LogP contribution in [0, 0.1) is 6.42 Å². The molecule has 149 valence electrons. The van der Waals surface area contributed by atoms with Crippen LogP contribution in [0.2, 0.25) is 0 Å². The number of hydrogen-bond donors (Lipinski definition) is 3. The molecule has 6 heteroatoms. The predicted molar refractivity (Wildman–Crippen MR) is 110 cm³/mol. The number of likely N-dealkylation sites (tertiary alicyclic amines) is 1. The number of benzene rings is 1. The quantitative estimate of drug-likeness (QED) is 0.694. The number of primary amides is 1. The Balaban J connectivity index is 1.48. The first kappa shape index (κ1) is 19.2. The molecule has 0 bridgehead atoms. The predicted octanol–water partition coefficient (Wildman–Crippen LogP) is 2.29. The molecule has 2 aliphatic heterocycles. The first-order chi connectivity index (χ1) is 13.6. The van der Waals surface area contributed by atoms with Crippen molar-refractivity contribution in [3.8, 4) is 0 Å². The van der Waals surface area contributed by atoms with E-state index in [0.717, 1.165) is 68.3 Å². The van der Waals surface area contributed by atoms with E-state index in [1.807, 2.05) is 24.6 Å². The fraction of sp³-hybridized carbons (Fsp3) is 0.500. The molecule has 0 aliphatic carbocycles. The molecule has 28 heavy (non-hydrogen) atoms. The highest BCUT2D eigenvalue weighted by Gasteiger charge is 2.44. The van der Waals surface area contributed by atoms with Crippen LogP contribution in [0.5, 0.6) is 0 Å². The Morgan fingerprint density at radius 2 is 1.86 bits per heavy atom. The summed E-state index contributed by atoms with van der Waals surface area (Å²) in [5.74, 6) is -0.170. The molecule has 4 rings (SSSR count). The average molecular weight is 383 g/mol. The normalized spacial score (nSPS) is 20.3. The van der Waals surface area contributed by atoms with E-state index in [2.05, 4.69) is 10.3 Å². The van der Waals surface area contributed by atoms with Gasteiger partial charge in [-0.25, -0.2) is 4.79 Å². The molecule has 1 aromatic carbocycles. The molecular formula is C22H30N4O2+. The fourth-order valence-electron chi connectivity index (χ4n) is 4.97. The summed E-state index contributed by atoms with van der Waals surface area (Å²) < 4.78 is 0.653. The smallest absolute Gasteiger partial charge is 0.318 e. The van der Waals surface area contributed by atoms with Crippen LogP contribution in [-0.4, -0.2) is 53.5 Å². The second kappa shape index (κ2) is 8.05. The zero-order chi connectivity index (χ0) is 19.6. The Morgan fingerprint density at radius 3 is 2.57 bits per heavy atom. The molecule has 2 aromatic rings. The second-order valence-corrected chi connectivity index (χ2v) is 8.24. The Kier molecular flexibility index (Phi) is 5.51. The number of fused-ring (bicyclic) bond motifs is 1. The van der Waals surface area contributed by atoms with E-state index in [-0.39, 0.29) is 0 Å². The van der Waals surface area contributed by atoms with E-state index in [4.69, 9.17) is 5.73 Å². The minimum Gasteiger partial charge on any atom is -0.364 e. The van der Waals surface area contributed by atoms with Crippen molar-refractivity contribution in [2.75, 3.05) is 26.2 Å². The van der Waals surface area contributed by atoms with Gasteiger partial charge in [-0.15, -0.1) is 0 Å². The molecule has 1 aromatic heterocycles. The summed E-state index contributed by atoms with van der Waals surface area (Å²) >= 11 is 0. The molecule has 2 aliphatic rings. The third-order valence-electron chi connectivity index (χ3n) is 6.52. The molecule has 6 nitrogen and oxygen atoms in total. The van der Waals surface area contributed by atoms with Crippen LogP contribution in [0.3, 0.4) is 0 Å². The number of amides is 2. The number of aromatic nitrogens is 1.